The highest BCUT2D eigenvalue weighted by Gasteiger charge is 2.19. The van der Waals surface area contributed by atoms with E-state index in [0.717, 1.165) is 42.8 Å². The first kappa shape index (κ1) is 13.8. The van der Waals surface area contributed by atoms with Crippen LogP contribution in [0.15, 0.2) is 27.8 Å². The Balaban J connectivity index is 1.51. The minimum Gasteiger partial charge on any atom is -0.431 e. The summed E-state index contributed by atoms with van der Waals surface area (Å²) in [6.07, 6.45) is 2.66. The Kier molecular flexibility index (Phi) is 4.17. The summed E-state index contributed by atoms with van der Waals surface area (Å²) in [7, 11) is 0. The van der Waals surface area contributed by atoms with Crippen LogP contribution in [0.4, 0.5) is 0 Å². The lowest BCUT2D eigenvalue weighted by Crippen LogP contribution is -2.25. The molecule has 1 aromatic carbocycles. The molecule has 0 atom stereocenters. The molecule has 2 aromatic rings. The first-order valence-corrected chi connectivity index (χ1v) is 8.05. The van der Waals surface area contributed by atoms with E-state index in [9.17, 15) is 4.79 Å². The fourth-order valence-electron chi connectivity index (χ4n) is 2.30. The van der Waals surface area contributed by atoms with Gasteiger partial charge in [0.05, 0.1) is 0 Å². The van der Waals surface area contributed by atoms with Crippen molar-refractivity contribution >= 4 is 40.4 Å². The summed E-state index contributed by atoms with van der Waals surface area (Å²) in [5.74, 6) is 1.18. The van der Waals surface area contributed by atoms with Gasteiger partial charge in [-0.3, -0.25) is 4.79 Å². The maximum Gasteiger partial charge on any atom is 0.256 e. The highest BCUT2D eigenvalue weighted by Crippen LogP contribution is 2.26. The van der Waals surface area contributed by atoms with Gasteiger partial charge in [-0.1, -0.05) is 23.4 Å². The van der Waals surface area contributed by atoms with Crippen molar-refractivity contribution in [3.05, 3.63) is 23.2 Å². The average molecular weight is 311 g/mol. The van der Waals surface area contributed by atoms with Crippen molar-refractivity contribution in [3.8, 4) is 0 Å². The molecule has 1 fully saturated rings. The van der Waals surface area contributed by atoms with Gasteiger partial charge < -0.3 is 9.32 Å². The Bertz CT molecular complexity index is 629. The lowest BCUT2D eigenvalue weighted by molar-refractivity contribution is -0.127. The van der Waals surface area contributed by atoms with E-state index in [0.29, 0.717) is 16.7 Å². The first-order valence-electron chi connectivity index (χ1n) is 6.69. The molecule has 6 heteroatoms. The molecule has 0 N–H and O–H groups in total. The predicted octanol–water partition coefficient (Wildman–Crippen LogP) is 3.59. The van der Waals surface area contributed by atoms with Crippen LogP contribution in [0.1, 0.15) is 19.3 Å². The molecule has 0 bridgehead atoms. The summed E-state index contributed by atoms with van der Waals surface area (Å²) in [6.45, 7) is 1.74. The third-order valence-corrected chi connectivity index (χ3v) is 4.45. The Hall–Kier alpha value is -1.20. The Morgan fingerprint density at radius 3 is 3.15 bits per heavy atom. The number of aromatic nitrogens is 1. The van der Waals surface area contributed by atoms with Gasteiger partial charge in [0, 0.05) is 30.3 Å². The number of oxazole rings is 1. The van der Waals surface area contributed by atoms with Gasteiger partial charge in [0.1, 0.15) is 5.52 Å². The van der Waals surface area contributed by atoms with E-state index in [1.165, 1.54) is 0 Å². The van der Waals surface area contributed by atoms with Crippen molar-refractivity contribution in [1.29, 1.82) is 0 Å². The van der Waals surface area contributed by atoms with E-state index in [1.807, 2.05) is 11.0 Å². The molecule has 1 amide bonds. The molecule has 0 radical (unpaired) electrons. The number of nitrogens with zero attached hydrogens (tertiary/aromatic N) is 2. The maximum absolute atomic E-state index is 11.5. The number of thioether (sulfide) groups is 1. The van der Waals surface area contributed by atoms with E-state index >= 15 is 0 Å². The van der Waals surface area contributed by atoms with Crippen LogP contribution in [0, 0.1) is 0 Å². The number of hydrogen-bond acceptors (Lipinski definition) is 4. The number of hydrogen-bond donors (Lipinski definition) is 0. The fraction of sp³-hybridized carbons (Fsp3) is 0.429. The molecule has 2 heterocycles. The van der Waals surface area contributed by atoms with Crippen molar-refractivity contribution in [2.75, 3.05) is 18.8 Å². The number of fused-ring (bicyclic) bond motifs is 1. The topological polar surface area (TPSA) is 46.3 Å². The Morgan fingerprint density at radius 2 is 2.35 bits per heavy atom. The number of carbonyl (C=O) groups is 1. The summed E-state index contributed by atoms with van der Waals surface area (Å²) in [5, 5.41) is 1.32. The van der Waals surface area contributed by atoms with Gasteiger partial charge in [-0.2, -0.15) is 0 Å². The second-order valence-corrected chi connectivity index (χ2v) is 6.26. The molecule has 0 unspecified atom stereocenters. The monoisotopic (exact) mass is 310 g/mol. The number of likely N-dealkylation sites (tertiary alicyclic amines) is 1. The van der Waals surface area contributed by atoms with Gasteiger partial charge in [-0.25, -0.2) is 4.98 Å². The smallest absolute Gasteiger partial charge is 0.256 e. The third-order valence-electron chi connectivity index (χ3n) is 3.30. The molecule has 0 saturated carbocycles. The molecule has 0 aliphatic carbocycles. The van der Waals surface area contributed by atoms with Crippen LogP contribution >= 0.6 is 23.4 Å². The van der Waals surface area contributed by atoms with Crippen molar-refractivity contribution in [2.45, 2.75) is 24.5 Å². The SMILES string of the molecule is O=C1CCCN1CCCSc1nc2cc(Cl)ccc2o1. The second kappa shape index (κ2) is 6.06. The highest BCUT2D eigenvalue weighted by atomic mass is 35.5. The molecule has 1 aliphatic rings. The summed E-state index contributed by atoms with van der Waals surface area (Å²) in [4.78, 5) is 17.8. The zero-order valence-corrected chi connectivity index (χ0v) is 12.5. The van der Waals surface area contributed by atoms with Crippen LogP contribution in [0.2, 0.25) is 5.02 Å². The van der Waals surface area contributed by atoms with Crippen LogP contribution in [0.25, 0.3) is 11.1 Å². The van der Waals surface area contributed by atoms with Crippen LogP contribution < -0.4 is 0 Å². The molecule has 0 spiro atoms. The Labute approximate surface area is 126 Å². The van der Waals surface area contributed by atoms with Crippen LogP contribution in [-0.4, -0.2) is 34.6 Å². The molecule has 1 aliphatic heterocycles. The van der Waals surface area contributed by atoms with E-state index < -0.39 is 0 Å². The van der Waals surface area contributed by atoms with E-state index in [-0.39, 0.29) is 5.91 Å². The molecule has 20 heavy (non-hydrogen) atoms. The van der Waals surface area contributed by atoms with Crippen molar-refractivity contribution < 1.29 is 9.21 Å². The van der Waals surface area contributed by atoms with Crippen molar-refractivity contribution in [2.24, 2.45) is 0 Å². The van der Waals surface area contributed by atoms with Crippen molar-refractivity contribution in [1.82, 2.24) is 9.88 Å². The lowest BCUT2D eigenvalue weighted by atomic mass is 10.3. The molecular weight excluding hydrogens is 296 g/mol. The van der Waals surface area contributed by atoms with Crippen LogP contribution in [0.3, 0.4) is 0 Å². The number of carbonyl (C=O) groups excluding carboxylic acids is 1. The standard InChI is InChI=1S/C14H15ClN2O2S/c15-10-4-5-12-11(9-10)16-14(19-12)20-8-2-7-17-6-1-3-13(17)18/h4-5,9H,1-3,6-8H2. The van der Waals surface area contributed by atoms with Crippen LogP contribution in [0.5, 0.6) is 0 Å². The molecule has 3 rings (SSSR count). The average Bonchev–Trinajstić information content (AvgIpc) is 3.00. The van der Waals surface area contributed by atoms with E-state index in [4.69, 9.17) is 16.0 Å². The summed E-state index contributed by atoms with van der Waals surface area (Å²) in [6, 6.07) is 5.42. The molecule has 106 valence electrons. The van der Waals surface area contributed by atoms with Gasteiger partial charge >= 0.3 is 0 Å². The highest BCUT2D eigenvalue weighted by molar-refractivity contribution is 7.99. The van der Waals surface area contributed by atoms with Gasteiger partial charge in [0.2, 0.25) is 5.91 Å². The molecule has 4 nitrogen and oxygen atoms in total. The third kappa shape index (κ3) is 3.10. The van der Waals surface area contributed by atoms with Gasteiger partial charge in [-0.05, 0) is 31.0 Å². The summed E-state index contributed by atoms with van der Waals surface area (Å²) >= 11 is 7.49. The normalized spacial score (nSPS) is 15.4. The second-order valence-electron chi connectivity index (χ2n) is 4.78. The minimum atomic E-state index is 0.284. The van der Waals surface area contributed by atoms with Crippen LogP contribution in [-0.2, 0) is 4.79 Å². The van der Waals surface area contributed by atoms with E-state index in [1.54, 1.807) is 23.9 Å². The number of rotatable bonds is 5. The van der Waals surface area contributed by atoms with Gasteiger partial charge in [0.15, 0.2) is 5.58 Å². The minimum absolute atomic E-state index is 0.284. The quantitative estimate of drug-likeness (QED) is 0.625. The van der Waals surface area contributed by atoms with Crippen molar-refractivity contribution in [3.63, 3.8) is 0 Å². The predicted molar refractivity (Wildman–Crippen MR) is 80.2 cm³/mol. The van der Waals surface area contributed by atoms with E-state index in [2.05, 4.69) is 4.98 Å². The fourth-order valence-corrected chi connectivity index (χ4v) is 3.22. The Morgan fingerprint density at radius 1 is 1.45 bits per heavy atom. The summed E-state index contributed by atoms with van der Waals surface area (Å²) < 4.78 is 5.63. The molecular formula is C14H15ClN2O2S. The molecule has 1 saturated heterocycles. The zero-order chi connectivity index (χ0) is 13.9. The summed E-state index contributed by atoms with van der Waals surface area (Å²) in [5.41, 5.74) is 1.54. The zero-order valence-electron chi connectivity index (χ0n) is 11.0. The largest absolute Gasteiger partial charge is 0.431 e. The lowest BCUT2D eigenvalue weighted by Gasteiger charge is -2.14. The molecule has 1 aromatic heterocycles. The van der Waals surface area contributed by atoms with Gasteiger partial charge in [-0.15, -0.1) is 0 Å². The first-order chi connectivity index (χ1) is 9.72. The number of amides is 1. The number of halogens is 1. The van der Waals surface area contributed by atoms with Gasteiger partial charge in [0.25, 0.3) is 5.22 Å². The maximum atomic E-state index is 11.5. The number of benzene rings is 1.